The molecule has 0 aromatic carbocycles. The smallest absolute Gasteiger partial charge is 0.407 e. The minimum Gasteiger partial charge on any atom is -0.458 e. The first kappa shape index (κ1) is 35.4. The van der Waals surface area contributed by atoms with Gasteiger partial charge in [0, 0.05) is 37.4 Å². The van der Waals surface area contributed by atoms with E-state index in [1.165, 1.54) is 0 Å². The molecule has 0 saturated heterocycles. The summed E-state index contributed by atoms with van der Waals surface area (Å²) >= 11 is 0. The average molecular weight is 595 g/mol. The summed E-state index contributed by atoms with van der Waals surface area (Å²) in [5.41, 5.74) is 0. The largest absolute Gasteiger partial charge is 0.458 e. The summed E-state index contributed by atoms with van der Waals surface area (Å²) in [5, 5.41) is 5.32. The predicted octanol–water partition coefficient (Wildman–Crippen LogP) is 1.90. The number of alkyl carbamates (subject to hydrolysis) is 2. The van der Waals surface area contributed by atoms with Crippen molar-refractivity contribution in [1.82, 2.24) is 10.6 Å². The molecule has 0 spiro atoms. The van der Waals surface area contributed by atoms with Gasteiger partial charge in [0.05, 0.1) is 0 Å². The topological polar surface area (TPSA) is 182 Å². The summed E-state index contributed by atoms with van der Waals surface area (Å²) in [6.45, 7) is 12.3. The van der Waals surface area contributed by atoms with Crippen LogP contribution >= 0.6 is 0 Å². The lowest BCUT2D eigenvalue weighted by molar-refractivity contribution is -0.147. The maximum absolute atomic E-state index is 12.4. The van der Waals surface area contributed by atoms with Gasteiger partial charge in [0.1, 0.15) is 26.4 Å². The van der Waals surface area contributed by atoms with Crippen molar-refractivity contribution in [3.63, 3.8) is 0 Å². The zero-order valence-electron chi connectivity index (χ0n) is 23.4. The molecule has 0 heterocycles. The van der Waals surface area contributed by atoms with Gasteiger partial charge in [-0.05, 0) is 31.1 Å². The zero-order valence-corrected chi connectivity index (χ0v) is 23.4. The Hall–Kier alpha value is -4.62. The molecule has 2 unspecified atom stereocenters. The Balaban J connectivity index is 2.52. The maximum Gasteiger partial charge on any atom is 0.407 e. The van der Waals surface area contributed by atoms with Crippen LogP contribution in [0.25, 0.3) is 0 Å². The monoisotopic (exact) mass is 594 g/mol. The molecule has 0 aliphatic heterocycles. The summed E-state index contributed by atoms with van der Waals surface area (Å²) in [6, 6.07) is 0. The number of rotatable bonds is 18. The number of carbonyl (C=O) groups is 6. The number of carbonyl (C=O) groups excluding carboxylic acids is 6. The van der Waals surface area contributed by atoms with E-state index in [9.17, 15) is 28.8 Å². The molecular formula is C28H38N2O12. The van der Waals surface area contributed by atoms with Crippen LogP contribution in [0.5, 0.6) is 0 Å². The summed E-state index contributed by atoms with van der Waals surface area (Å²) in [6.07, 6.45) is 3.35. The van der Waals surface area contributed by atoms with Gasteiger partial charge in [-0.3, -0.25) is 0 Å². The number of hydrogen-bond donors (Lipinski definition) is 2. The molecule has 1 rings (SSSR count). The normalized spacial score (nSPS) is 15.8. The van der Waals surface area contributed by atoms with E-state index < -0.39 is 48.3 Å². The Morgan fingerprint density at radius 1 is 0.595 bits per heavy atom. The van der Waals surface area contributed by atoms with Crippen LogP contribution in [0.15, 0.2) is 50.6 Å². The van der Waals surface area contributed by atoms with Crippen molar-refractivity contribution in [1.29, 1.82) is 0 Å². The Bertz CT molecular complexity index is 871. The predicted molar refractivity (Wildman–Crippen MR) is 147 cm³/mol. The molecule has 2 atom stereocenters. The Morgan fingerprint density at radius 3 is 1.19 bits per heavy atom. The Kier molecular flexibility index (Phi) is 17.1. The first-order valence-corrected chi connectivity index (χ1v) is 13.2. The maximum atomic E-state index is 12.4. The van der Waals surface area contributed by atoms with Gasteiger partial charge >= 0.3 is 36.1 Å². The van der Waals surface area contributed by atoms with E-state index in [-0.39, 0.29) is 51.4 Å². The third-order valence-corrected chi connectivity index (χ3v) is 5.82. The fraction of sp³-hybridized carbons (Fsp3) is 0.500. The first-order valence-electron chi connectivity index (χ1n) is 13.2. The lowest BCUT2D eigenvalue weighted by Crippen LogP contribution is -2.39. The van der Waals surface area contributed by atoms with Crippen molar-refractivity contribution >= 4 is 36.1 Å². The minimum absolute atomic E-state index is 0.0918. The van der Waals surface area contributed by atoms with Crippen molar-refractivity contribution in [2.24, 2.45) is 11.8 Å². The van der Waals surface area contributed by atoms with Gasteiger partial charge in [-0.2, -0.15) is 0 Å². The molecule has 2 amide bonds. The van der Waals surface area contributed by atoms with Crippen molar-refractivity contribution in [2.75, 3.05) is 39.5 Å². The Morgan fingerprint density at radius 2 is 0.905 bits per heavy atom. The highest BCUT2D eigenvalue weighted by atomic mass is 16.6. The van der Waals surface area contributed by atoms with Crippen LogP contribution in [0.3, 0.4) is 0 Å². The molecule has 14 nitrogen and oxygen atoms in total. The van der Waals surface area contributed by atoms with E-state index in [1.807, 2.05) is 0 Å². The van der Waals surface area contributed by atoms with Crippen LogP contribution in [-0.2, 0) is 47.6 Å². The molecule has 42 heavy (non-hydrogen) atoms. The first-order chi connectivity index (χ1) is 20.1. The lowest BCUT2D eigenvalue weighted by atomic mass is 9.81. The molecule has 0 aromatic heterocycles. The standard InChI is InChI=1S/C28H38N2O12/c1-5-23(31)37-15-21(16-38-24(32)6-2)41-27(35)29-13-19-10-9-11-20(12-19)14-30-28(36)42-22(17-39-25(33)7-3)18-40-26(34)8-4/h5-8,19-22H,1-4,9-18H2,(H,29,35)(H,30,36). The molecule has 1 aliphatic rings. The highest BCUT2D eigenvalue weighted by Crippen LogP contribution is 2.28. The molecule has 0 bridgehead atoms. The number of hydrogen-bond acceptors (Lipinski definition) is 12. The molecular weight excluding hydrogens is 556 g/mol. The molecule has 14 heteroatoms. The van der Waals surface area contributed by atoms with Crippen molar-refractivity contribution < 1.29 is 57.2 Å². The molecule has 232 valence electrons. The lowest BCUT2D eigenvalue weighted by Gasteiger charge is -2.29. The molecule has 1 fully saturated rings. The summed E-state index contributed by atoms with van der Waals surface area (Å²) in [4.78, 5) is 70.1. The zero-order chi connectivity index (χ0) is 31.3. The van der Waals surface area contributed by atoms with Crippen LogP contribution in [0, 0.1) is 11.8 Å². The van der Waals surface area contributed by atoms with Crippen LogP contribution in [-0.4, -0.2) is 87.8 Å². The summed E-state index contributed by atoms with van der Waals surface area (Å²) in [7, 11) is 0. The third-order valence-electron chi connectivity index (χ3n) is 5.82. The second-order valence-corrected chi connectivity index (χ2v) is 9.05. The number of amides is 2. The fourth-order valence-corrected chi connectivity index (χ4v) is 3.78. The quantitative estimate of drug-likeness (QED) is 0.134. The minimum atomic E-state index is -1.04. The molecule has 0 aromatic rings. The van der Waals surface area contributed by atoms with Crippen LogP contribution in [0.1, 0.15) is 25.7 Å². The molecule has 1 aliphatic carbocycles. The van der Waals surface area contributed by atoms with Crippen molar-refractivity contribution in [2.45, 2.75) is 37.9 Å². The van der Waals surface area contributed by atoms with Crippen LogP contribution in [0.4, 0.5) is 9.59 Å². The second-order valence-electron chi connectivity index (χ2n) is 9.05. The molecule has 1 saturated carbocycles. The third kappa shape index (κ3) is 15.8. The number of esters is 4. The summed E-state index contributed by atoms with van der Waals surface area (Å²) < 4.78 is 30.0. The van der Waals surface area contributed by atoms with Gasteiger partial charge in [0.2, 0.25) is 0 Å². The van der Waals surface area contributed by atoms with E-state index >= 15 is 0 Å². The fourth-order valence-electron chi connectivity index (χ4n) is 3.78. The highest BCUT2D eigenvalue weighted by molar-refractivity contribution is 5.82. The van der Waals surface area contributed by atoms with E-state index in [0.29, 0.717) is 6.42 Å². The molecule has 2 N–H and O–H groups in total. The van der Waals surface area contributed by atoms with Crippen molar-refractivity contribution in [3.05, 3.63) is 50.6 Å². The SMILES string of the molecule is C=CC(=O)OCC(COC(=O)C=C)OC(=O)NCC1CCCC(CNC(=O)OC(COC(=O)C=C)COC(=O)C=C)C1. The summed E-state index contributed by atoms with van der Waals surface area (Å²) in [5.74, 6) is -2.73. The number of ether oxygens (including phenoxy) is 6. The van der Waals surface area contributed by atoms with Gasteiger partial charge < -0.3 is 39.1 Å². The van der Waals surface area contributed by atoms with Crippen LogP contribution < -0.4 is 10.6 Å². The van der Waals surface area contributed by atoms with E-state index in [4.69, 9.17) is 28.4 Å². The van der Waals surface area contributed by atoms with E-state index in [0.717, 1.165) is 43.6 Å². The van der Waals surface area contributed by atoms with Crippen LogP contribution in [0.2, 0.25) is 0 Å². The van der Waals surface area contributed by atoms with E-state index in [2.05, 4.69) is 36.9 Å². The average Bonchev–Trinajstić information content (AvgIpc) is 3.00. The van der Waals surface area contributed by atoms with Gasteiger partial charge in [-0.1, -0.05) is 32.7 Å². The van der Waals surface area contributed by atoms with E-state index in [1.54, 1.807) is 0 Å². The van der Waals surface area contributed by atoms with Gasteiger partial charge in [0.15, 0.2) is 12.2 Å². The molecule has 0 radical (unpaired) electrons. The van der Waals surface area contributed by atoms with Gasteiger partial charge in [-0.25, -0.2) is 28.8 Å². The van der Waals surface area contributed by atoms with Gasteiger partial charge in [-0.15, -0.1) is 0 Å². The number of nitrogens with one attached hydrogen (secondary N) is 2. The highest BCUT2D eigenvalue weighted by Gasteiger charge is 2.25. The second kappa shape index (κ2) is 20.3. The van der Waals surface area contributed by atoms with Crippen molar-refractivity contribution in [3.8, 4) is 0 Å². The Labute approximate surface area is 244 Å². The van der Waals surface area contributed by atoms with Gasteiger partial charge in [0.25, 0.3) is 0 Å².